The first-order chi connectivity index (χ1) is 10.3. The third kappa shape index (κ3) is 5.61. The van der Waals surface area contributed by atoms with Crippen molar-refractivity contribution in [3.05, 3.63) is 66.2 Å². The van der Waals surface area contributed by atoms with Gasteiger partial charge in [-0.3, -0.25) is 4.79 Å². The molecule has 0 saturated heterocycles. The largest absolute Gasteiger partial charge is 0.355 e. The summed E-state index contributed by atoms with van der Waals surface area (Å²) < 4.78 is 0. The molecular formula is C17H20N2OS. The smallest absolute Gasteiger partial charge is 0.230 e. The van der Waals surface area contributed by atoms with Crippen LogP contribution in [0.4, 0.5) is 0 Å². The lowest BCUT2D eigenvalue weighted by Gasteiger charge is -2.12. The minimum absolute atomic E-state index is 0.0340. The minimum Gasteiger partial charge on any atom is -0.355 e. The fraction of sp³-hybridized carbons (Fsp3) is 0.235. The molecule has 0 bridgehead atoms. The first-order valence-electron chi connectivity index (χ1n) is 7.01. The molecule has 0 heterocycles. The summed E-state index contributed by atoms with van der Waals surface area (Å²) in [6, 6.07) is 19.8. The highest BCUT2D eigenvalue weighted by atomic mass is 32.2. The van der Waals surface area contributed by atoms with Gasteiger partial charge in [0.2, 0.25) is 5.91 Å². The number of amides is 1. The number of carbonyl (C=O) groups excluding carboxylic acids is 1. The van der Waals surface area contributed by atoms with Crippen molar-refractivity contribution in [2.45, 2.75) is 17.4 Å². The summed E-state index contributed by atoms with van der Waals surface area (Å²) in [5.41, 5.74) is 7.19. The van der Waals surface area contributed by atoms with Gasteiger partial charge < -0.3 is 11.1 Å². The highest BCUT2D eigenvalue weighted by Gasteiger charge is 2.06. The molecule has 110 valence electrons. The second-order valence-corrected chi connectivity index (χ2v) is 5.81. The molecule has 4 heteroatoms. The average molecular weight is 300 g/mol. The maximum absolute atomic E-state index is 11.8. The highest BCUT2D eigenvalue weighted by molar-refractivity contribution is 8.00. The van der Waals surface area contributed by atoms with E-state index < -0.39 is 0 Å². The number of hydrogen-bond acceptors (Lipinski definition) is 3. The quantitative estimate of drug-likeness (QED) is 0.773. The van der Waals surface area contributed by atoms with Gasteiger partial charge in [0.15, 0.2) is 0 Å². The fourth-order valence-corrected chi connectivity index (χ4v) is 2.70. The topological polar surface area (TPSA) is 55.1 Å². The van der Waals surface area contributed by atoms with Crippen LogP contribution in [0.2, 0.25) is 0 Å². The van der Waals surface area contributed by atoms with E-state index >= 15 is 0 Å². The van der Waals surface area contributed by atoms with Crippen LogP contribution in [-0.4, -0.2) is 18.2 Å². The number of nitrogens with one attached hydrogen (secondary N) is 1. The van der Waals surface area contributed by atoms with E-state index in [1.165, 1.54) is 0 Å². The molecule has 0 fully saturated rings. The Hall–Kier alpha value is -1.78. The van der Waals surface area contributed by atoms with Gasteiger partial charge in [0.05, 0.1) is 5.75 Å². The molecule has 0 radical (unpaired) electrons. The van der Waals surface area contributed by atoms with Gasteiger partial charge in [-0.25, -0.2) is 0 Å². The van der Waals surface area contributed by atoms with Gasteiger partial charge in [-0.2, -0.15) is 0 Å². The Morgan fingerprint density at radius 3 is 2.33 bits per heavy atom. The average Bonchev–Trinajstić information content (AvgIpc) is 2.54. The molecule has 1 unspecified atom stereocenters. The van der Waals surface area contributed by atoms with Crippen LogP contribution >= 0.6 is 11.8 Å². The summed E-state index contributed by atoms with van der Waals surface area (Å²) in [6.07, 6.45) is 0.742. The van der Waals surface area contributed by atoms with Gasteiger partial charge in [-0.1, -0.05) is 48.5 Å². The Morgan fingerprint density at radius 1 is 1.05 bits per heavy atom. The third-order valence-electron chi connectivity index (χ3n) is 3.12. The molecule has 1 amide bonds. The van der Waals surface area contributed by atoms with Crippen LogP contribution < -0.4 is 11.1 Å². The highest BCUT2D eigenvalue weighted by Crippen LogP contribution is 2.16. The molecule has 0 aliphatic carbocycles. The molecule has 1 atom stereocenters. The van der Waals surface area contributed by atoms with E-state index in [1.807, 2.05) is 60.7 Å². The van der Waals surface area contributed by atoms with Crippen LogP contribution in [0.1, 0.15) is 18.0 Å². The van der Waals surface area contributed by atoms with Crippen molar-refractivity contribution in [3.63, 3.8) is 0 Å². The molecular weight excluding hydrogens is 280 g/mol. The van der Waals surface area contributed by atoms with Gasteiger partial charge in [-0.15, -0.1) is 11.8 Å². The van der Waals surface area contributed by atoms with Gasteiger partial charge in [-0.05, 0) is 24.1 Å². The minimum atomic E-state index is -0.0340. The van der Waals surface area contributed by atoms with Gasteiger partial charge in [0.25, 0.3) is 0 Å². The Labute approximate surface area is 129 Å². The second-order valence-electron chi connectivity index (χ2n) is 4.76. The van der Waals surface area contributed by atoms with Gasteiger partial charge in [0.1, 0.15) is 0 Å². The van der Waals surface area contributed by atoms with E-state index in [0.717, 1.165) is 16.9 Å². The second kappa shape index (κ2) is 8.49. The Kier molecular flexibility index (Phi) is 6.31. The summed E-state index contributed by atoms with van der Waals surface area (Å²) in [5.74, 6) is 0.481. The van der Waals surface area contributed by atoms with E-state index in [9.17, 15) is 4.79 Å². The standard InChI is InChI=1S/C17H20N2OS/c18-16(14-7-3-1-4-8-14)11-12-19-17(20)13-21-15-9-5-2-6-10-15/h1-10,16H,11-13,18H2,(H,19,20). The maximum Gasteiger partial charge on any atom is 0.230 e. The molecule has 3 N–H and O–H groups in total. The summed E-state index contributed by atoms with van der Waals surface area (Å²) >= 11 is 1.54. The normalized spacial score (nSPS) is 11.9. The zero-order chi connectivity index (χ0) is 14.9. The lowest BCUT2D eigenvalue weighted by molar-refractivity contribution is -0.118. The lowest BCUT2D eigenvalue weighted by Crippen LogP contribution is -2.28. The predicted octanol–water partition coefficient (Wildman–Crippen LogP) is 2.99. The SMILES string of the molecule is NC(CCNC(=O)CSc1ccccc1)c1ccccc1. The van der Waals surface area contributed by atoms with E-state index in [0.29, 0.717) is 12.3 Å². The first-order valence-corrected chi connectivity index (χ1v) is 7.99. The number of rotatable bonds is 7. The molecule has 0 spiro atoms. The zero-order valence-electron chi connectivity index (χ0n) is 11.9. The number of nitrogens with two attached hydrogens (primary N) is 1. The monoisotopic (exact) mass is 300 g/mol. The lowest BCUT2D eigenvalue weighted by atomic mass is 10.1. The van der Waals surface area contributed by atoms with Crippen molar-refractivity contribution in [2.24, 2.45) is 5.73 Å². The summed E-state index contributed by atoms with van der Waals surface area (Å²) in [4.78, 5) is 12.9. The number of benzene rings is 2. The fourth-order valence-electron chi connectivity index (χ4n) is 1.95. The van der Waals surface area contributed by atoms with Crippen LogP contribution in [0, 0.1) is 0 Å². The Bertz CT molecular complexity index is 545. The molecule has 0 aromatic heterocycles. The van der Waals surface area contributed by atoms with Crippen LogP contribution in [0.5, 0.6) is 0 Å². The van der Waals surface area contributed by atoms with Gasteiger partial charge >= 0.3 is 0 Å². The van der Waals surface area contributed by atoms with E-state index in [4.69, 9.17) is 5.73 Å². The van der Waals surface area contributed by atoms with Crippen LogP contribution in [-0.2, 0) is 4.79 Å². The van der Waals surface area contributed by atoms with Crippen LogP contribution in [0.25, 0.3) is 0 Å². The van der Waals surface area contributed by atoms with E-state index in [1.54, 1.807) is 11.8 Å². The van der Waals surface area contributed by atoms with E-state index in [-0.39, 0.29) is 11.9 Å². The molecule has 21 heavy (non-hydrogen) atoms. The first kappa shape index (κ1) is 15.6. The number of carbonyl (C=O) groups is 1. The van der Waals surface area contributed by atoms with E-state index in [2.05, 4.69) is 5.32 Å². The Morgan fingerprint density at radius 2 is 1.67 bits per heavy atom. The molecule has 3 nitrogen and oxygen atoms in total. The van der Waals surface area contributed by atoms with Gasteiger partial charge in [0, 0.05) is 17.5 Å². The summed E-state index contributed by atoms with van der Waals surface area (Å²) in [6.45, 7) is 0.601. The van der Waals surface area contributed by atoms with Crippen LogP contribution in [0.15, 0.2) is 65.6 Å². The molecule has 0 saturated carbocycles. The molecule has 0 aliphatic heterocycles. The van der Waals surface area contributed by atoms with Crippen molar-refractivity contribution in [1.29, 1.82) is 0 Å². The molecule has 2 rings (SSSR count). The van der Waals surface area contributed by atoms with Crippen molar-refractivity contribution in [2.75, 3.05) is 12.3 Å². The number of thioether (sulfide) groups is 1. The summed E-state index contributed by atoms with van der Waals surface area (Å²) in [5, 5.41) is 2.91. The maximum atomic E-state index is 11.8. The van der Waals surface area contributed by atoms with Crippen molar-refractivity contribution in [3.8, 4) is 0 Å². The zero-order valence-corrected chi connectivity index (χ0v) is 12.7. The molecule has 0 aliphatic rings. The number of hydrogen-bond donors (Lipinski definition) is 2. The van der Waals surface area contributed by atoms with Crippen LogP contribution in [0.3, 0.4) is 0 Å². The molecule has 2 aromatic carbocycles. The van der Waals surface area contributed by atoms with Crippen molar-refractivity contribution < 1.29 is 4.79 Å². The Balaban J connectivity index is 1.65. The molecule has 2 aromatic rings. The predicted molar refractivity (Wildman–Crippen MR) is 88.2 cm³/mol. The van der Waals surface area contributed by atoms with Crippen molar-refractivity contribution in [1.82, 2.24) is 5.32 Å². The summed E-state index contributed by atoms with van der Waals surface area (Å²) in [7, 11) is 0. The third-order valence-corrected chi connectivity index (χ3v) is 4.13. The van der Waals surface area contributed by atoms with Crippen molar-refractivity contribution >= 4 is 17.7 Å².